The lowest BCUT2D eigenvalue weighted by molar-refractivity contribution is -0.137. The van der Waals surface area contributed by atoms with E-state index < -0.39 is 17.8 Å². The first kappa shape index (κ1) is 21.7. The van der Waals surface area contributed by atoms with Gasteiger partial charge in [0.1, 0.15) is 11.9 Å². The van der Waals surface area contributed by atoms with E-state index in [-0.39, 0.29) is 18.5 Å². The number of carbonyl (C=O) groups excluding carboxylic acids is 1. The number of unbranched alkanes of at least 4 members (excludes halogenated alkanes) is 1. The number of nitrogens with one attached hydrogen (secondary N) is 1. The van der Waals surface area contributed by atoms with Crippen LogP contribution in [0.25, 0.3) is 0 Å². The molecule has 2 aromatic rings. The topological polar surface area (TPSA) is 63.7 Å². The summed E-state index contributed by atoms with van der Waals surface area (Å²) in [5.74, 6) is 0.639. The highest BCUT2D eigenvalue weighted by molar-refractivity contribution is 5.89. The van der Waals surface area contributed by atoms with Crippen molar-refractivity contribution in [2.24, 2.45) is 0 Å². The zero-order chi connectivity index (χ0) is 21.6. The summed E-state index contributed by atoms with van der Waals surface area (Å²) >= 11 is 0. The fourth-order valence-corrected chi connectivity index (χ4v) is 3.00. The lowest BCUT2D eigenvalue weighted by atomic mass is 10.2. The number of halogens is 3. The van der Waals surface area contributed by atoms with Crippen molar-refractivity contribution in [3.63, 3.8) is 0 Å². The van der Waals surface area contributed by atoms with Gasteiger partial charge in [0.15, 0.2) is 0 Å². The molecule has 6 nitrogen and oxygen atoms in total. The Morgan fingerprint density at radius 1 is 1.27 bits per heavy atom. The molecule has 1 atom stereocenters. The van der Waals surface area contributed by atoms with Crippen LogP contribution in [0, 0.1) is 0 Å². The Balaban J connectivity index is 1.50. The second-order valence-electron chi connectivity index (χ2n) is 7.01. The van der Waals surface area contributed by atoms with Crippen molar-refractivity contribution in [1.82, 2.24) is 9.88 Å². The highest BCUT2D eigenvalue weighted by Crippen LogP contribution is 2.31. The highest BCUT2D eigenvalue weighted by atomic mass is 19.4. The number of aromatic nitrogens is 1. The van der Waals surface area contributed by atoms with E-state index in [1.807, 2.05) is 0 Å². The van der Waals surface area contributed by atoms with E-state index >= 15 is 0 Å². The van der Waals surface area contributed by atoms with Crippen LogP contribution in [0.5, 0.6) is 11.6 Å². The minimum atomic E-state index is -4.46. The number of carbonyl (C=O) groups is 1. The number of amides is 2. The van der Waals surface area contributed by atoms with E-state index in [9.17, 15) is 18.0 Å². The van der Waals surface area contributed by atoms with Crippen LogP contribution < -0.4 is 14.8 Å². The molecule has 1 N–H and O–H groups in total. The summed E-state index contributed by atoms with van der Waals surface area (Å²) in [5.41, 5.74) is -0.186. The monoisotopic (exact) mass is 423 g/mol. The SMILES string of the molecule is CCCCOc1ccc(NC(=O)N2CCC(Oc3cc(C(F)(F)F)ccn3)C2)cc1. The van der Waals surface area contributed by atoms with Gasteiger partial charge in [-0.2, -0.15) is 13.2 Å². The molecule has 0 radical (unpaired) electrons. The molecule has 2 heterocycles. The van der Waals surface area contributed by atoms with Crippen LogP contribution in [0.3, 0.4) is 0 Å². The number of rotatable bonds is 7. The van der Waals surface area contributed by atoms with Crippen molar-refractivity contribution in [2.45, 2.75) is 38.5 Å². The van der Waals surface area contributed by atoms with Gasteiger partial charge in [0, 0.05) is 30.9 Å². The number of hydrogen-bond acceptors (Lipinski definition) is 4. The average molecular weight is 423 g/mol. The van der Waals surface area contributed by atoms with Crippen molar-refractivity contribution < 1.29 is 27.4 Å². The molecule has 30 heavy (non-hydrogen) atoms. The molecule has 1 aromatic heterocycles. The maximum Gasteiger partial charge on any atom is 0.416 e. The molecular formula is C21H24F3N3O3. The molecule has 2 amide bonds. The van der Waals surface area contributed by atoms with Crippen LogP contribution in [0.2, 0.25) is 0 Å². The van der Waals surface area contributed by atoms with Crippen LogP contribution in [0.1, 0.15) is 31.7 Å². The third-order valence-corrected chi connectivity index (χ3v) is 4.65. The molecule has 0 bridgehead atoms. The third kappa shape index (κ3) is 6.01. The molecule has 0 spiro atoms. The molecule has 1 saturated heterocycles. The first-order valence-corrected chi connectivity index (χ1v) is 9.84. The quantitative estimate of drug-likeness (QED) is 0.639. The number of pyridine rings is 1. The Hall–Kier alpha value is -2.97. The zero-order valence-electron chi connectivity index (χ0n) is 16.6. The number of benzene rings is 1. The van der Waals surface area contributed by atoms with Crippen molar-refractivity contribution in [2.75, 3.05) is 25.0 Å². The standard InChI is InChI=1S/C21H24F3N3O3/c1-2-3-12-29-17-6-4-16(5-7-17)26-20(28)27-11-9-18(14-27)30-19-13-15(8-10-25-19)21(22,23)24/h4-8,10,13,18H,2-3,9,11-12,14H2,1H3,(H,26,28). The summed E-state index contributed by atoms with van der Waals surface area (Å²) in [4.78, 5) is 17.9. The Kier molecular flexibility index (Phi) is 7.02. The molecule has 9 heteroatoms. The Morgan fingerprint density at radius 2 is 2.03 bits per heavy atom. The van der Waals surface area contributed by atoms with Crippen LogP contribution in [-0.4, -0.2) is 41.7 Å². The molecule has 1 aromatic carbocycles. The predicted molar refractivity (Wildman–Crippen MR) is 106 cm³/mol. The van der Waals surface area contributed by atoms with E-state index in [0.717, 1.165) is 36.9 Å². The molecule has 0 saturated carbocycles. The molecular weight excluding hydrogens is 399 g/mol. The number of alkyl halides is 3. The van der Waals surface area contributed by atoms with Gasteiger partial charge in [-0.3, -0.25) is 0 Å². The van der Waals surface area contributed by atoms with E-state index in [2.05, 4.69) is 17.2 Å². The Labute approximate surface area is 173 Å². The number of ether oxygens (including phenoxy) is 2. The fraction of sp³-hybridized carbons (Fsp3) is 0.429. The minimum absolute atomic E-state index is 0.101. The lowest BCUT2D eigenvalue weighted by Gasteiger charge is -2.18. The normalized spacial score (nSPS) is 16.4. The van der Waals surface area contributed by atoms with E-state index in [1.165, 1.54) is 0 Å². The summed E-state index contributed by atoms with van der Waals surface area (Å²) in [6.07, 6.45) is -1.27. The smallest absolute Gasteiger partial charge is 0.416 e. The highest BCUT2D eigenvalue weighted by Gasteiger charge is 2.32. The maximum absolute atomic E-state index is 12.8. The van der Waals surface area contributed by atoms with E-state index in [0.29, 0.717) is 25.3 Å². The van der Waals surface area contributed by atoms with Gasteiger partial charge in [-0.25, -0.2) is 9.78 Å². The van der Waals surface area contributed by atoms with Gasteiger partial charge in [0.25, 0.3) is 0 Å². The first-order chi connectivity index (χ1) is 14.3. The number of likely N-dealkylation sites (tertiary alicyclic amines) is 1. The van der Waals surface area contributed by atoms with Crippen LogP contribution >= 0.6 is 0 Å². The van der Waals surface area contributed by atoms with Crippen molar-refractivity contribution in [3.8, 4) is 11.6 Å². The Morgan fingerprint density at radius 3 is 2.73 bits per heavy atom. The summed E-state index contributed by atoms with van der Waals surface area (Å²) in [6, 6.07) is 8.57. The summed E-state index contributed by atoms with van der Waals surface area (Å²) in [7, 11) is 0. The van der Waals surface area contributed by atoms with Gasteiger partial charge in [0.05, 0.1) is 18.7 Å². The van der Waals surface area contributed by atoms with Gasteiger partial charge in [-0.1, -0.05) is 13.3 Å². The average Bonchev–Trinajstić information content (AvgIpc) is 3.18. The van der Waals surface area contributed by atoms with Gasteiger partial charge < -0.3 is 19.7 Å². The van der Waals surface area contributed by atoms with Crippen molar-refractivity contribution in [1.29, 1.82) is 0 Å². The molecule has 0 aliphatic carbocycles. The zero-order valence-corrected chi connectivity index (χ0v) is 16.6. The lowest BCUT2D eigenvalue weighted by Crippen LogP contribution is -2.34. The van der Waals surface area contributed by atoms with Crippen molar-refractivity contribution >= 4 is 11.7 Å². The van der Waals surface area contributed by atoms with Crippen molar-refractivity contribution in [3.05, 3.63) is 48.2 Å². The molecule has 162 valence electrons. The van der Waals surface area contributed by atoms with Crippen LogP contribution in [0.15, 0.2) is 42.6 Å². The first-order valence-electron chi connectivity index (χ1n) is 9.84. The van der Waals surface area contributed by atoms with Crippen LogP contribution in [-0.2, 0) is 6.18 Å². The number of anilines is 1. The summed E-state index contributed by atoms with van der Waals surface area (Å²) < 4.78 is 49.6. The van der Waals surface area contributed by atoms with Gasteiger partial charge in [-0.05, 0) is 36.8 Å². The number of nitrogens with zero attached hydrogens (tertiary/aromatic N) is 2. The number of urea groups is 1. The van der Waals surface area contributed by atoms with Gasteiger partial charge in [-0.15, -0.1) is 0 Å². The number of hydrogen-bond donors (Lipinski definition) is 1. The van der Waals surface area contributed by atoms with E-state index in [1.54, 1.807) is 29.2 Å². The fourth-order valence-electron chi connectivity index (χ4n) is 3.00. The van der Waals surface area contributed by atoms with Crippen LogP contribution in [0.4, 0.5) is 23.7 Å². The maximum atomic E-state index is 12.8. The molecule has 1 fully saturated rings. The third-order valence-electron chi connectivity index (χ3n) is 4.65. The molecule has 1 unspecified atom stereocenters. The van der Waals surface area contributed by atoms with Gasteiger partial charge >= 0.3 is 12.2 Å². The summed E-state index contributed by atoms with van der Waals surface area (Å²) in [6.45, 7) is 3.44. The van der Waals surface area contributed by atoms with Gasteiger partial charge in [0.2, 0.25) is 5.88 Å². The van der Waals surface area contributed by atoms with E-state index in [4.69, 9.17) is 9.47 Å². The molecule has 1 aliphatic heterocycles. The largest absolute Gasteiger partial charge is 0.494 e. The molecule has 1 aliphatic rings. The minimum Gasteiger partial charge on any atom is -0.494 e. The Bertz CT molecular complexity index is 843. The predicted octanol–water partition coefficient (Wildman–Crippen LogP) is 4.96. The summed E-state index contributed by atoms with van der Waals surface area (Å²) in [5, 5.41) is 2.80. The second kappa shape index (κ2) is 9.69. The second-order valence-corrected chi connectivity index (χ2v) is 7.01. The molecule has 3 rings (SSSR count).